The summed E-state index contributed by atoms with van der Waals surface area (Å²) in [5.41, 5.74) is 3.57. The van der Waals surface area contributed by atoms with Gasteiger partial charge in [-0.15, -0.1) is 0 Å². The van der Waals surface area contributed by atoms with Gasteiger partial charge in [-0.25, -0.2) is 5.43 Å². The van der Waals surface area contributed by atoms with Crippen molar-refractivity contribution in [3.8, 4) is 11.5 Å². The first-order valence-electron chi connectivity index (χ1n) is 6.46. The minimum atomic E-state index is -0.470. The van der Waals surface area contributed by atoms with E-state index in [9.17, 15) is 9.90 Å². The molecule has 0 aliphatic heterocycles. The largest absolute Gasteiger partial charge is 0.508 e. The molecule has 1 amide bonds. The van der Waals surface area contributed by atoms with Gasteiger partial charge in [0.25, 0.3) is 5.91 Å². The smallest absolute Gasteiger partial charge is 0.275 e. The zero-order valence-corrected chi connectivity index (χ0v) is 10.9. The minimum Gasteiger partial charge on any atom is -0.508 e. The maximum atomic E-state index is 11.9. The van der Waals surface area contributed by atoms with Gasteiger partial charge < -0.3 is 10.2 Å². The summed E-state index contributed by atoms with van der Waals surface area (Å²) in [6.07, 6.45) is 4.30. The normalized spacial score (nSPS) is 21.3. The molecule has 0 spiro atoms. The third-order valence-corrected chi connectivity index (χ3v) is 3.42. The van der Waals surface area contributed by atoms with Crippen molar-refractivity contribution in [2.45, 2.75) is 32.6 Å². The van der Waals surface area contributed by atoms with E-state index in [2.05, 4.69) is 17.5 Å². The third kappa shape index (κ3) is 3.24. The molecule has 5 nitrogen and oxygen atoms in total. The summed E-state index contributed by atoms with van der Waals surface area (Å²) in [6.45, 7) is 2.10. The monoisotopic (exact) mass is 262 g/mol. The van der Waals surface area contributed by atoms with Crippen LogP contribution >= 0.6 is 0 Å². The summed E-state index contributed by atoms with van der Waals surface area (Å²) >= 11 is 0. The Kier molecular flexibility index (Phi) is 4.04. The molecule has 0 saturated heterocycles. The number of nitrogens with one attached hydrogen (secondary N) is 1. The maximum Gasteiger partial charge on any atom is 0.275 e. The molecule has 1 atom stereocenters. The van der Waals surface area contributed by atoms with Crippen LogP contribution in [0.5, 0.6) is 11.5 Å². The molecule has 2 rings (SSSR count). The van der Waals surface area contributed by atoms with Gasteiger partial charge in [0.15, 0.2) is 0 Å². The van der Waals surface area contributed by atoms with Gasteiger partial charge in [-0.05, 0) is 37.3 Å². The molecule has 1 saturated carbocycles. The van der Waals surface area contributed by atoms with Crippen LogP contribution in [-0.4, -0.2) is 21.8 Å². The van der Waals surface area contributed by atoms with Crippen LogP contribution in [-0.2, 0) is 0 Å². The lowest BCUT2D eigenvalue weighted by Gasteiger charge is -2.19. The van der Waals surface area contributed by atoms with Gasteiger partial charge in [0.1, 0.15) is 11.5 Å². The van der Waals surface area contributed by atoms with Crippen molar-refractivity contribution in [1.82, 2.24) is 5.43 Å². The zero-order chi connectivity index (χ0) is 13.8. The Balaban J connectivity index is 2.06. The summed E-state index contributed by atoms with van der Waals surface area (Å²) in [7, 11) is 0. The summed E-state index contributed by atoms with van der Waals surface area (Å²) < 4.78 is 0. The Labute approximate surface area is 112 Å². The number of carbonyl (C=O) groups excluding carboxylic acids is 1. The molecule has 1 aromatic rings. The van der Waals surface area contributed by atoms with Crippen LogP contribution < -0.4 is 5.43 Å². The lowest BCUT2D eigenvalue weighted by atomic mass is 9.89. The van der Waals surface area contributed by atoms with E-state index in [0.717, 1.165) is 31.0 Å². The first kappa shape index (κ1) is 13.4. The molecule has 1 aliphatic carbocycles. The van der Waals surface area contributed by atoms with E-state index in [1.54, 1.807) is 0 Å². The van der Waals surface area contributed by atoms with Gasteiger partial charge in [-0.1, -0.05) is 13.3 Å². The molecular weight excluding hydrogens is 244 g/mol. The molecule has 102 valence electrons. The average Bonchev–Trinajstić information content (AvgIpc) is 2.37. The van der Waals surface area contributed by atoms with Crippen molar-refractivity contribution in [1.29, 1.82) is 0 Å². The highest BCUT2D eigenvalue weighted by Gasteiger charge is 2.17. The predicted octanol–water partition coefficient (Wildman–Crippen LogP) is 2.39. The van der Waals surface area contributed by atoms with Crippen LogP contribution in [0.1, 0.15) is 43.0 Å². The van der Waals surface area contributed by atoms with Gasteiger partial charge >= 0.3 is 0 Å². The molecule has 19 heavy (non-hydrogen) atoms. The van der Waals surface area contributed by atoms with E-state index in [1.807, 2.05) is 0 Å². The SMILES string of the molecule is CC1CCCC/C1=N/NC(=O)c1ccc(O)cc1O. The van der Waals surface area contributed by atoms with Crippen molar-refractivity contribution in [2.24, 2.45) is 11.0 Å². The molecule has 1 aromatic carbocycles. The Morgan fingerprint density at radius 2 is 2.16 bits per heavy atom. The third-order valence-electron chi connectivity index (χ3n) is 3.42. The molecule has 0 heterocycles. The fraction of sp³-hybridized carbons (Fsp3) is 0.429. The van der Waals surface area contributed by atoms with Crippen molar-refractivity contribution in [3.05, 3.63) is 23.8 Å². The number of phenolic OH excluding ortho intramolecular Hbond substituents is 2. The molecule has 1 fully saturated rings. The molecule has 1 aliphatic rings. The molecule has 0 bridgehead atoms. The number of hydrogen-bond acceptors (Lipinski definition) is 4. The molecule has 1 unspecified atom stereocenters. The van der Waals surface area contributed by atoms with Gasteiger partial charge in [-0.3, -0.25) is 4.79 Å². The Morgan fingerprint density at radius 3 is 2.84 bits per heavy atom. The number of phenols is 2. The minimum absolute atomic E-state index is 0.0822. The van der Waals surface area contributed by atoms with Crippen LogP contribution in [0.4, 0.5) is 0 Å². The quantitative estimate of drug-likeness (QED) is 0.716. The number of aromatic hydroxyl groups is 2. The number of nitrogens with zero attached hydrogens (tertiary/aromatic N) is 1. The van der Waals surface area contributed by atoms with E-state index < -0.39 is 5.91 Å². The molecule has 0 aromatic heterocycles. The topological polar surface area (TPSA) is 81.9 Å². The maximum absolute atomic E-state index is 11.9. The second kappa shape index (κ2) is 5.73. The lowest BCUT2D eigenvalue weighted by molar-refractivity contribution is 0.0951. The van der Waals surface area contributed by atoms with Crippen LogP contribution in [0.3, 0.4) is 0 Å². The van der Waals surface area contributed by atoms with E-state index >= 15 is 0 Å². The van der Waals surface area contributed by atoms with Crippen molar-refractivity contribution >= 4 is 11.6 Å². The first-order valence-corrected chi connectivity index (χ1v) is 6.46. The fourth-order valence-electron chi connectivity index (χ4n) is 2.23. The van der Waals surface area contributed by atoms with Crippen LogP contribution in [0.15, 0.2) is 23.3 Å². The summed E-state index contributed by atoms with van der Waals surface area (Å²) in [5.74, 6) is -0.416. The van der Waals surface area contributed by atoms with E-state index in [0.29, 0.717) is 5.92 Å². The van der Waals surface area contributed by atoms with Crippen LogP contribution in [0, 0.1) is 5.92 Å². The summed E-state index contributed by atoms with van der Waals surface area (Å²) in [6, 6.07) is 3.85. The zero-order valence-electron chi connectivity index (χ0n) is 10.9. The average molecular weight is 262 g/mol. The highest BCUT2D eigenvalue weighted by molar-refractivity contribution is 5.98. The van der Waals surface area contributed by atoms with E-state index in [1.165, 1.54) is 18.6 Å². The summed E-state index contributed by atoms with van der Waals surface area (Å²) in [4.78, 5) is 11.9. The van der Waals surface area contributed by atoms with E-state index in [4.69, 9.17) is 5.11 Å². The Bertz CT molecular complexity index is 511. The van der Waals surface area contributed by atoms with Gasteiger partial charge in [-0.2, -0.15) is 5.10 Å². The second-order valence-electron chi connectivity index (χ2n) is 4.89. The number of carbonyl (C=O) groups is 1. The van der Waals surface area contributed by atoms with Crippen molar-refractivity contribution in [3.63, 3.8) is 0 Å². The number of benzene rings is 1. The van der Waals surface area contributed by atoms with E-state index in [-0.39, 0.29) is 17.1 Å². The first-order chi connectivity index (χ1) is 9.08. The van der Waals surface area contributed by atoms with Crippen molar-refractivity contribution in [2.75, 3.05) is 0 Å². The van der Waals surface area contributed by atoms with Crippen LogP contribution in [0.25, 0.3) is 0 Å². The molecule has 3 N–H and O–H groups in total. The highest BCUT2D eigenvalue weighted by atomic mass is 16.3. The number of hydrazone groups is 1. The number of amides is 1. The summed E-state index contributed by atoms with van der Waals surface area (Å²) in [5, 5.41) is 22.9. The van der Waals surface area contributed by atoms with Gasteiger partial charge in [0, 0.05) is 11.8 Å². The Morgan fingerprint density at radius 1 is 1.37 bits per heavy atom. The van der Waals surface area contributed by atoms with Crippen LogP contribution in [0.2, 0.25) is 0 Å². The number of rotatable bonds is 2. The lowest BCUT2D eigenvalue weighted by Crippen LogP contribution is -2.24. The molecular formula is C14H18N2O3. The molecule has 5 heteroatoms. The predicted molar refractivity (Wildman–Crippen MR) is 72.3 cm³/mol. The van der Waals surface area contributed by atoms with Gasteiger partial charge in [0.2, 0.25) is 0 Å². The highest BCUT2D eigenvalue weighted by Crippen LogP contribution is 2.23. The second-order valence-corrected chi connectivity index (χ2v) is 4.89. The molecule has 0 radical (unpaired) electrons. The van der Waals surface area contributed by atoms with Gasteiger partial charge in [0.05, 0.1) is 5.56 Å². The van der Waals surface area contributed by atoms with Crippen molar-refractivity contribution < 1.29 is 15.0 Å². The fourth-order valence-corrected chi connectivity index (χ4v) is 2.23. The Hall–Kier alpha value is -2.04. The number of hydrogen-bond donors (Lipinski definition) is 3. The standard InChI is InChI=1S/C14H18N2O3/c1-9-4-2-3-5-12(9)15-16-14(19)11-7-6-10(17)8-13(11)18/h6-9,17-18H,2-5H2,1H3,(H,16,19)/b15-12-.